The van der Waals surface area contributed by atoms with Crippen LogP contribution in [0.2, 0.25) is 0 Å². The second kappa shape index (κ2) is 8.88. The Morgan fingerprint density at radius 1 is 1.08 bits per heavy atom. The quantitative estimate of drug-likeness (QED) is 0.841. The summed E-state index contributed by atoms with van der Waals surface area (Å²) in [6.45, 7) is 5.07. The summed E-state index contributed by atoms with van der Waals surface area (Å²) in [6, 6.07) is 15.8. The molecule has 0 spiro atoms. The molecular formula is C20H25ClN2O2. The molecule has 1 fully saturated rings. The normalized spacial score (nSPS) is 19.6. The number of amides is 1. The number of halogens is 1. The minimum Gasteiger partial charge on any atom is -0.457 e. The fourth-order valence-electron chi connectivity index (χ4n) is 2.96. The highest BCUT2D eigenvalue weighted by Crippen LogP contribution is 2.24. The minimum atomic E-state index is 0. The van der Waals surface area contributed by atoms with E-state index >= 15 is 0 Å². The van der Waals surface area contributed by atoms with E-state index in [1.54, 1.807) is 0 Å². The van der Waals surface area contributed by atoms with E-state index in [2.05, 4.69) is 17.6 Å². The number of benzene rings is 2. The van der Waals surface area contributed by atoms with Crippen molar-refractivity contribution in [3.8, 4) is 11.5 Å². The topological polar surface area (TPSA) is 50.4 Å². The average Bonchev–Trinajstić information content (AvgIpc) is 2.59. The lowest BCUT2D eigenvalue weighted by molar-refractivity contribution is -0.120. The van der Waals surface area contributed by atoms with Crippen LogP contribution >= 0.6 is 12.4 Å². The lowest BCUT2D eigenvalue weighted by Crippen LogP contribution is -2.40. The van der Waals surface area contributed by atoms with Crippen LogP contribution in [0.25, 0.3) is 0 Å². The molecule has 1 saturated heterocycles. The van der Waals surface area contributed by atoms with E-state index in [1.165, 1.54) is 5.56 Å². The lowest BCUT2D eigenvalue weighted by Gasteiger charge is -2.27. The minimum absolute atomic E-state index is 0. The van der Waals surface area contributed by atoms with Crippen molar-refractivity contribution in [2.24, 2.45) is 5.92 Å². The van der Waals surface area contributed by atoms with E-state index in [0.29, 0.717) is 6.04 Å². The summed E-state index contributed by atoms with van der Waals surface area (Å²) in [7, 11) is 0. The number of nitrogens with one attached hydrogen (secondary N) is 2. The van der Waals surface area contributed by atoms with Crippen molar-refractivity contribution in [3.63, 3.8) is 0 Å². The second-order valence-electron chi connectivity index (χ2n) is 6.51. The van der Waals surface area contributed by atoms with E-state index < -0.39 is 0 Å². The number of anilines is 1. The van der Waals surface area contributed by atoms with Gasteiger partial charge in [0, 0.05) is 17.6 Å². The lowest BCUT2D eigenvalue weighted by atomic mass is 9.92. The summed E-state index contributed by atoms with van der Waals surface area (Å²) < 4.78 is 5.80. The zero-order valence-corrected chi connectivity index (χ0v) is 15.4. The van der Waals surface area contributed by atoms with Crippen molar-refractivity contribution in [3.05, 3.63) is 54.1 Å². The molecule has 3 rings (SSSR count). The van der Waals surface area contributed by atoms with Gasteiger partial charge in [0.15, 0.2) is 0 Å². The fourth-order valence-corrected chi connectivity index (χ4v) is 2.96. The number of carbonyl (C=O) groups excluding carboxylic acids is 1. The Morgan fingerprint density at radius 2 is 1.68 bits per heavy atom. The van der Waals surface area contributed by atoms with Crippen LogP contribution in [0.1, 0.15) is 25.3 Å². The number of hydrogen-bond donors (Lipinski definition) is 2. The van der Waals surface area contributed by atoms with Crippen molar-refractivity contribution < 1.29 is 9.53 Å². The Hall–Kier alpha value is -2.04. The number of rotatable bonds is 4. The Kier molecular flexibility index (Phi) is 6.85. The molecule has 2 N–H and O–H groups in total. The molecule has 2 aromatic carbocycles. The zero-order valence-electron chi connectivity index (χ0n) is 14.6. The third kappa shape index (κ3) is 5.48. The van der Waals surface area contributed by atoms with Crippen molar-refractivity contribution in [1.82, 2.24) is 5.32 Å². The van der Waals surface area contributed by atoms with Crippen LogP contribution in [0, 0.1) is 12.8 Å². The summed E-state index contributed by atoms with van der Waals surface area (Å²) >= 11 is 0. The number of aryl methyl sites for hydroxylation is 1. The Balaban J connectivity index is 0.00000225. The van der Waals surface area contributed by atoms with Gasteiger partial charge in [-0.1, -0.05) is 17.7 Å². The maximum absolute atomic E-state index is 12.4. The predicted molar refractivity (Wildman–Crippen MR) is 104 cm³/mol. The van der Waals surface area contributed by atoms with Crippen LogP contribution in [0.4, 0.5) is 5.69 Å². The maximum atomic E-state index is 12.4. The van der Waals surface area contributed by atoms with E-state index in [1.807, 2.05) is 55.5 Å². The van der Waals surface area contributed by atoms with Crippen LogP contribution in [0.15, 0.2) is 48.5 Å². The first kappa shape index (κ1) is 19.3. The van der Waals surface area contributed by atoms with Crippen molar-refractivity contribution in [2.45, 2.75) is 32.7 Å². The van der Waals surface area contributed by atoms with Gasteiger partial charge in [-0.15, -0.1) is 12.4 Å². The van der Waals surface area contributed by atoms with Gasteiger partial charge in [-0.3, -0.25) is 4.79 Å². The second-order valence-corrected chi connectivity index (χ2v) is 6.51. The first-order valence-corrected chi connectivity index (χ1v) is 8.49. The van der Waals surface area contributed by atoms with Crippen molar-refractivity contribution in [2.75, 3.05) is 11.9 Å². The zero-order chi connectivity index (χ0) is 16.9. The summed E-state index contributed by atoms with van der Waals surface area (Å²) in [6.07, 6.45) is 1.78. The SMILES string of the molecule is Cc1ccc(Oc2ccc(NC(=O)[C@H]3CCN[C@@H](C)C3)cc2)cc1.Cl. The third-order valence-electron chi connectivity index (χ3n) is 4.37. The molecule has 1 aliphatic heterocycles. The average molecular weight is 361 g/mol. The molecule has 0 radical (unpaired) electrons. The summed E-state index contributed by atoms with van der Waals surface area (Å²) in [5, 5.41) is 6.38. The molecule has 25 heavy (non-hydrogen) atoms. The van der Waals surface area contributed by atoms with Gasteiger partial charge < -0.3 is 15.4 Å². The molecule has 2 atom stereocenters. The van der Waals surface area contributed by atoms with Crippen molar-refractivity contribution >= 4 is 24.0 Å². The van der Waals surface area contributed by atoms with Gasteiger partial charge >= 0.3 is 0 Å². The van der Waals surface area contributed by atoms with Crippen LogP contribution < -0.4 is 15.4 Å². The summed E-state index contributed by atoms with van der Waals surface area (Å²) in [5.74, 6) is 1.76. The summed E-state index contributed by atoms with van der Waals surface area (Å²) in [4.78, 5) is 12.4. The highest BCUT2D eigenvalue weighted by molar-refractivity contribution is 5.92. The van der Waals surface area contributed by atoms with Crippen LogP contribution in [-0.2, 0) is 4.79 Å². The molecule has 4 nitrogen and oxygen atoms in total. The summed E-state index contributed by atoms with van der Waals surface area (Å²) in [5.41, 5.74) is 2.01. The maximum Gasteiger partial charge on any atom is 0.227 e. The van der Waals surface area contributed by atoms with Gasteiger partial charge in [-0.2, -0.15) is 0 Å². The number of carbonyl (C=O) groups is 1. The molecule has 0 unspecified atom stereocenters. The van der Waals surface area contributed by atoms with E-state index in [0.717, 1.165) is 36.6 Å². The highest BCUT2D eigenvalue weighted by Gasteiger charge is 2.24. The number of hydrogen-bond acceptors (Lipinski definition) is 3. The van der Waals surface area contributed by atoms with Crippen LogP contribution in [0.3, 0.4) is 0 Å². The first-order chi connectivity index (χ1) is 11.6. The molecule has 1 heterocycles. The molecule has 0 bridgehead atoms. The van der Waals surface area contributed by atoms with E-state index in [4.69, 9.17) is 4.74 Å². The molecule has 0 aromatic heterocycles. The molecule has 5 heteroatoms. The van der Waals surface area contributed by atoms with Crippen LogP contribution in [-0.4, -0.2) is 18.5 Å². The number of ether oxygens (including phenoxy) is 1. The molecule has 1 aliphatic rings. The van der Waals surface area contributed by atoms with Gasteiger partial charge in [-0.25, -0.2) is 0 Å². The van der Waals surface area contributed by atoms with Gasteiger partial charge in [0.25, 0.3) is 0 Å². The predicted octanol–water partition coefficient (Wildman–Crippen LogP) is 4.54. The Labute approximate surface area is 155 Å². The monoisotopic (exact) mass is 360 g/mol. The van der Waals surface area contributed by atoms with Crippen LogP contribution in [0.5, 0.6) is 11.5 Å². The van der Waals surface area contributed by atoms with E-state index in [9.17, 15) is 4.79 Å². The molecule has 134 valence electrons. The van der Waals surface area contributed by atoms with Gasteiger partial charge in [0.05, 0.1) is 0 Å². The van der Waals surface area contributed by atoms with Gasteiger partial charge in [-0.05, 0) is 69.6 Å². The highest BCUT2D eigenvalue weighted by atomic mass is 35.5. The Bertz CT molecular complexity index is 686. The standard InChI is InChI=1S/C20H24N2O2.ClH/c1-14-3-7-18(8-4-14)24-19-9-5-17(6-10-19)22-20(23)16-11-12-21-15(2)13-16;/h3-10,15-16,21H,11-13H2,1-2H3,(H,22,23);1H/t15-,16-;/m0./s1. The Morgan fingerprint density at radius 3 is 2.28 bits per heavy atom. The van der Waals surface area contributed by atoms with E-state index in [-0.39, 0.29) is 24.2 Å². The van der Waals surface area contributed by atoms with Gasteiger partial charge in [0.1, 0.15) is 11.5 Å². The molecule has 1 amide bonds. The largest absolute Gasteiger partial charge is 0.457 e. The fraction of sp³-hybridized carbons (Fsp3) is 0.350. The molecule has 0 saturated carbocycles. The third-order valence-corrected chi connectivity index (χ3v) is 4.37. The first-order valence-electron chi connectivity index (χ1n) is 8.49. The molecule has 0 aliphatic carbocycles. The smallest absolute Gasteiger partial charge is 0.227 e. The molecule has 2 aromatic rings. The van der Waals surface area contributed by atoms with Gasteiger partial charge in [0.2, 0.25) is 5.91 Å². The molecular weight excluding hydrogens is 336 g/mol. The number of piperidine rings is 1. The van der Waals surface area contributed by atoms with Crippen molar-refractivity contribution in [1.29, 1.82) is 0 Å².